The zero-order chi connectivity index (χ0) is 14.9. The standard InChI is InChI=1S/C18H28O2/c1-2-3-4-5-6-7-8-9-10-11-12-13-14-15-16-17-18(19)20/h3-4,6-7,10-11,13-14H,2,5,8-9,12,15-17H2,1H3,(H,19,20)/b4-3-,7-6-,11-10-,14-13-. The van der Waals surface area contributed by atoms with Gasteiger partial charge in [0.15, 0.2) is 0 Å². The Labute approximate surface area is 123 Å². The SMILES string of the molecule is CC/C=C\C/C=C\CC/C=C\C/C=C\CCCC(=O)O. The summed E-state index contributed by atoms with van der Waals surface area (Å²) in [7, 11) is 0. The number of rotatable bonds is 12. The molecule has 0 unspecified atom stereocenters. The summed E-state index contributed by atoms with van der Waals surface area (Å²) < 4.78 is 0. The largest absolute Gasteiger partial charge is 0.481 e. The van der Waals surface area contributed by atoms with Crippen molar-refractivity contribution in [2.24, 2.45) is 0 Å². The molecule has 0 aromatic carbocycles. The van der Waals surface area contributed by atoms with E-state index in [1.165, 1.54) is 0 Å². The van der Waals surface area contributed by atoms with Gasteiger partial charge in [0.1, 0.15) is 0 Å². The molecule has 2 heteroatoms. The molecule has 0 aliphatic heterocycles. The Bertz CT molecular complexity index is 335. The summed E-state index contributed by atoms with van der Waals surface area (Å²) in [5.41, 5.74) is 0. The first-order valence-electron chi connectivity index (χ1n) is 7.59. The number of hydrogen-bond acceptors (Lipinski definition) is 1. The van der Waals surface area contributed by atoms with E-state index in [9.17, 15) is 4.79 Å². The van der Waals surface area contributed by atoms with Crippen LogP contribution < -0.4 is 0 Å². The number of carbonyl (C=O) groups is 1. The number of carboxylic acids is 1. The van der Waals surface area contributed by atoms with Crippen LogP contribution in [-0.4, -0.2) is 11.1 Å². The monoisotopic (exact) mass is 276 g/mol. The summed E-state index contributed by atoms with van der Waals surface area (Å²) in [4.78, 5) is 10.3. The average Bonchev–Trinajstić information content (AvgIpc) is 2.43. The van der Waals surface area contributed by atoms with Crippen LogP contribution in [0.4, 0.5) is 0 Å². The molecular weight excluding hydrogens is 248 g/mol. The Balaban J connectivity index is 3.37. The number of unbranched alkanes of at least 4 members (excludes halogenated alkanes) is 2. The van der Waals surface area contributed by atoms with Crippen LogP contribution in [-0.2, 0) is 4.79 Å². The van der Waals surface area contributed by atoms with Gasteiger partial charge < -0.3 is 5.11 Å². The number of carboxylic acid groups (broad SMARTS) is 1. The van der Waals surface area contributed by atoms with Gasteiger partial charge in [-0.05, 0) is 44.9 Å². The van der Waals surface area contributed by atoms with Gasteiger partial charge in [0.25, 0.3) is 0 Å². The molecule has 0 saturated carbocycles. The molecule has 20 heavy (non-hydrogen) atoms. The summed E-state index contributed by atoms with van der Waals surface area (Å²) in [5, 5.41) is 8.47. The van der Waals surface area contributed by atoms with Crippen LogP contribution in [0.2, 0.25) is 0 Å². The Hall–Kier alpha value is -1.57. The summed E-state index contributed by atoms with van der Waals surface area (Å²) in [6.07, 6.45) is 24.5. The average molecular weight is 276 g/mol. The molecule has 0 atom stereocenters. The summed E-state index contributed by atoms with van der Waals surface area (Å²) in [6, 6.07) is 0. The van der Waals surface area contributed by atoms with E-state index in [0.29, 0.717) is 0 Å². The van der Waals surface area contributed by atoms with Crippen LogP contribution in [0, 0.1) is 0 Å². The predicted molar refractivity (Wildman–Crippen MR) is 86.8 cm³/mol. The minimum atomic E-state index is -0.712. The van der Waals surface area contributed by atoms with Gasteiger partial charge in [-0.25, -0.2) is 0 Å². The normalized spacial score (nSPS) is 12.4. The lowest BCUT2D eigenvalue weighted by molar-refractivity contribution is -0.137. The molecule has 0 bridgehead atoms. The Morgan fingerprint density at radius 3 is 1.80 bits per heavy atom. The highest BCUT2D eigenvalue weighted by Gasteiger charge is 1.92. The third-order valence-corrected chi connectivity index (χ3v) is 2.71. The number of aliphatic carboxylic acids is 1. The Morgan fingerprint density at radius 2 is 1.30 bits per heavy atom. The van der Waals surface area contributed by atoms with E-state index < -0.39 is 5.97 Å². The second kappa shape index (κ2) is 15.5. The van der Waals surface area contributed by atoms with Crippen molar-refractivity contribution in [3.05, 3.63) is 48.6 Å². The first-order chi connectivity index (χ1) is 9.77. The van der Waals surface area contributed by atoms with E-state index >= 15 is 0 Å². The van der Waals surface area contributed by atoms with Crippen LogP contribution >= 0.6 is 0 Å². The van der Waals surface area contributed by atoms with Crippen LogP contribution in [0.3, 0.4) is 0 Å². The van der Waals surface area contributed by atoms with E-state index in [1.54, 1.807) is 0 Å². The van der Waals surface area contributed by atoms with Crippen molar-refractivity contribution in [1.82, 2.24) is 0 Å². The van der Waals surface area contributed by atoms with Gasteiger partial charge in [0.2, 0.25) is 0 Å². The third kappa shape index (κ3) is 16.4. The second-order valence-corrected chi connectivity index (χ2v) is 4.63. The van der Waals surface area contributed by atoms with Crippen LogP contribution in [0.5, 0.6) is 0 Å². The zero-order valence-electron chi connectivity index (χ0n) is 12.6. The van der Waals surface area contributed by atoms with Gasteiger partial charge in [-0.15, -0.1) is 0 Å². The first kappa shape index (κ1) is 18.4. The maximum atomic E-state index is 10.3. The summed E-state index contributed by atoms with van der Waals surface area (Å²) in [5.74, 6) is -0.712. The highest BCUT2D eigenvalue weighted by atomic mass is 16.4. The molecule has 0 aliphatic rings. The molecule has 2 nitrogen and oxygen atoms in total. The molecule has 1 N–H and O–H groups in total. The lowest BCUT2D eigenvalue weighted by atomic mass is 10.2. The van der Waals surface area contributed by atoms with Crippen molar-refractivity contribution < 1.29 is 9.90 Å². The van der Waals surface area contributed by atoms with Crippen molar-refractivity contribution >= 4 is 5.97 Å². The maximum Gasteiger partial charge on any atom is 0.303 e. The Kier molecular flexibility index (Phi) is 14.3. The van der Waals surface area contributed by atoms with E-state index in [1.807, 2.05) is 0 Å². The van der Waals surface area contributed by atoms with Crippen LogP contribution in [0.25, 0.3) is 0 Å². The maximum absolute atomic E-state index is 10.3. The topological polar surface area (TPSA) is 37.3 Å². The van der Waals surface area contributed by atoms with Crippen LogP contribution in [0.1, 0.15) is 58.3 Å². The minimum Gasteiger partial charge on any atom is -0.481 e. The van der Waals surface area contributed by atoms with Crippen molar-refractivity contribution in [3.63, 3.8) is 0 Å². The van der Waals surface area contributed by atoms with E-state index in [-0.39, 0.29) is 6.42 Å². The molecule has 0 heterocycles. The quantitative estimate of drug-likeness (QED) is 0.381. The van der Waals surface area contributed by atoms with E-state index in [2.05, 4.69) is 55.5 Å². The van der Waals surface area contributed by atoms with Gasteiger partial charge in [0, 0.05) is 6.42 Å². The van der Waals surface area contributed by atoms with Gasteiger partial charge in [-0.2, -0.15) is 0 Å². The fourth-order valence-corrected chi connectivity index (χ4v) is 1.63. The zero-order valence-corrected chi connectivity index (χ0v) is 12.6. The lowest BCUT2D eigenvalue weighted by Crippen LogP contribution is -1.92. The second-order valence-electron chi connectivity index (χ2n) is 4.63. The molecule has 0 aromatic rings. The molecule has 0 radical (unpaired) electrons. The van der Waals surface area contributed by atoms with Crippen molar-refractivity contribution in [3.8, 4) is 0 Å². The number of hydrogen-bond donors (Lipinski definition) is 1. The Morgan fingerprint density at radius 1 is 0.800 bits per heavy atom. The highest BCUT2D eigenvalue weighted by Crippen LogP contribution is 2.00. The van der Waals surface area contributed by atoms with Gasteiger partial charge in [-0.1, -0.05) is 55.5 Å². The predicted octanol–water partition coefficient (Wildman–Crippen LogP) is 5.44. The molecule has 112 valence electrons. The molecule has 0 aliphatic carbocycles. The van der Waals surface area contributed by atoms with Crippen molar-refractivity contribution in [2.45, 2.75) is 58.3 Å². The lowest BCUT2D eigenvalue weighted by Gasteiger charge is -1.90. The molecular formula is C18H28O2. The smallest absolute Gasteiger partial charge is 0.303 e. The summed E-state index contributed by atoms with van der Waals surface area (Å²) in [6.45, 7) is 2.14. The first-order valence-corrected chi connectivity index (χ1v) is 7.59. The molecule has 0 aromatic heterocycles. The molecule has 0 rings (SSSR count). The van der Waals surface area contributed by atoms with E-state index in [4.69, 9.17) is 5.11 Å². The minimum absolute atomic E-state index is 0.264. The number of allylic oxidation sites excluding steroid dienone is 8. The summed E-state index contributed by atoms with van der Waals surface area (Å²) >= 11 is 0. The molecule has 0 spiro atoms. The fraction of sp³-hybridized carbons (Fsp3) is 0.500. The van der Waals surface area contributed by atoms with Crippen molar-refractivity contribution in [1.29, 1.82) is 0 Å². The highest BCUT2D eigenvalue weighted by molar-refractivity contribution is 5.66. The van der Waals surface area contributed by atoms with Gasteiger partial charge >= 0.3 is 5.97 Å². The van der Waals surface area contributed by atoms with Crippen molar-refractivity contribution in [2.75, 3.05) is 0 Å². The fourth-order valence-electron chi connectivity index (χ4n) is 1.63. The van der Waals surface area contributed by atoms with Crippen LogP contribution in [0.15, 0.2) is 48.6 Å². The third-order valence-electron chi connectivity index (χ3n) is 2.71. The van der Waals surface area contributed by atoms with Gasteiger partial charge in [0.05, 0.1) is 0 Å². The van der Waals surface area contributed by atoms with E-state index in [0.717, 1.165) is 44.9 Å². The molecule has 0 amide bonds. The van der Waals surface area contributed by atoms with Gasteiger partial charge in [-0.3, -0.25) is 4.79 Å². The molecule has 0 saturated heterocycles. The molecule has 0 fully saturated rings.